The van der Waals surface area contributed by atoms with Crippen molar-refractivity contribution in [2.75, 3.05) is 11.5 Å². The van der Waals surface area contributed by atoms with E-state index in [4.69, 9.17) is 5.73 Å². The quantitative estimate of drug-likeness (QED) is 0.699. The third-order valence-corrected chi connectivity index (χ3v) is 3.83. The maximum absolute atomic E-state index is 11.6. The minimum atomic E-state index is -1.18. The first-order valence-electron chi connectivity index (χ1n) is 5.71. The van der Waals surface area contributed by atoms with Crippen LogP contribution < -0.4 is 11.1 Å². The Morgan fingerprint density at radius 2 is 1.88 bits per heavy atom. The minimum Gasteiger partial charge on any atom is -0.353 e. The summed E-state index contributed by atoms with van der Waals surface area (Å²) in [5, 5.41) is 2.86. The molecule has 0 aliphatic rings. The van der Waals surface area contributed by atoms with Crippen LogP contribution in [-0.2, 0) is 15.6 Å². The first-order valence-corrected chi connectivity index (χ1v) is 7.20. The van der Waals surface area contributed by atoms with E-state index in [0.29, 0.717) is 5.75 Å². The Morgan fingerprint density at radius 3 is 2.25 bits per heavy atom. The Labute approximate surface area is 101 Å². The van der Waals surface area contributed by atoms with Gasteiger partial charge in [0.1, 0.15) is 5.75 Å². The molecule has 0 radical (unpaired) electrons. The highest BCUT2D eigenvalue weighted by Gasteiger charge is 2.18. The first kappa shape index (κ1) is 15.6. The van der Waals surface area contributed by atoms with Crippen molar-refractivity contribution in [3.8, 4) is 0 Å². The summed E-state index contributed by atoms with van der Waals surface area (Å²) in [7, 11) is -1.18. The van der Waals surface area contributed by atoms with Crippen LogP contribution in [0.15, 0.2) is 0 Å². The number of nitrogens with one attached hydrogen (secondary N) is 1. The molecular formula is C11H24N2O2S. The van der Waals surface area contributed by atoms with Crippen LogP contribution in [0.5, 0.6) is 0 Å². The van der Waals surface area contributed by atoms with Crippen LogP contribution in [0.2, 0.25) is 0 Å². The lowest BCUT2D eigenvalue weighted by Crippen LogP contribution is -2.42. The summed E-state index contributed by atoms with van der Waals surface area (Å²) < 4.78 is 11.6. The number of amides is 1. The Kier molecular flexibility index (Phi) is 6.83. The predicted octanol–water partition coefficient (Wildman–Crippen LogP) is 0.777. The summed E-state index contributed by atoms with van der Waals surface area (Å²) in [6, 6.07) is 0.190. The first-order chi connectivity index (χ1) is 7.28. The van der Waals surface area contributed by atoms with Gasteiger partial charge in [0.15, 0.2) is 0 Å². The van der Waals surface area contributed by atoms with Crippen LogP contribution in [0.1, 0.15) is 40.5 Å². The maximum Gasteiger partial charge on any atom is 0.232 e. The molecule has 0 saturated heterocycles. The molecular weight excluding hydrogens is 224 g/mol. The van der Waals surface area contributed by atoms with E-state index in [1.807, 2.05) is 27.7 Å². The molecule has 0 aliphatic carbocycles. The number of carbonyl (C=O) groups is 1. The second-order valence-electron chi connectivity index (χ2n) is 4.80. The number of carbonyl (C=O) groups excluding carboxylic acids is 1. The van der Waals surface area contributed by atoms with E-state index in [2.05, 4.69) is 5.32 Å². The molecule has 0 bridgehead atoms. The van der Waals surface area contributed by atoms with Gasteiger partial charge in [0.05, 0.1) is 0 Å². The third-order valence-electron chi connectivity index (χ3n) is 2.18. The zero-order valence-corrected chi connectivity index (χ0v) is 11.5. The van der Waals surface area contributed by atoms with Crippen molar-refractivity contribution in [3.05, 3.63) is 0 Å². The summed E-state index contributed by atoms with van der Waals surface area (Å²) in [5.41, 5.74) is 5.25. The fourth-order valence-electron chi connectivity index (χ4n) is 1.37. The second-order valence-corrected chi connectivity index (χ2v) is 6.26. The lowest BCUT2D eigenvalue weighted by molar-refractivity contribution is -0.119. The van der Waals surface area contributed by atoms with Gasteiger partial charge in [0.2, 0.25) is 5.91 Å². The standard InChI is InChI=1S/C11H24N2O2S/c1-5-9(6-2)13-10(14)7-16(15)8-11(3,4)12/h9H,5-8,12H2,1-4H3,(H,13,14). The third kappa shape index (κ3) is 7.82. The highest BCUT2D eigenvalue weighted by molar-refractivity contribution is 7.85. The van der Waals surface area contributed by atoms with Crippen molar-refractivity contribution in [2.45, 2.75) is 52.1 Å². The topological polar surface area (TPSA) is 72.2 Å². The molecule has 4 nitrogen and oxygen atoms in total. The fraction of sp³-hybridized carbons (Fsp3) is 0.909. The summed E-state index contributed by atoms with van der Waals surface area (Å²) in [6.07, 6.45) is 1.80. The normalized spacial score (nSPS) is 13.9. The van der Waals surface area contributed by atoms with Gasteiger partial charge in [-0.3, -0.25) is 9.00 Å². The molecule has 0 spiro atoms. The molecule has 0 rings (SSSR count). The molecule has 0 aliphatic heterocycles. The van der Waals surface area contributed by atoms with Crippen molar-refractivity contribution in [1.82, 2.24) is 5.32 Å². The average molecular weight is 248 g/mol. The summed E-state index contributed by atoms with van der Waals surface area (Å²) in [4.78, 5) is 11.5. The van der Waals surface area contributed by atoms with Crippen LogP contribution in [0.3, 0.4) is 0 Å². The monoisotopic (exact) mass is 248 g/mol. The van der Waals surface area contributed by atoms with E-state index < -0.39 is 16.3 Å². The Hall–Kier alpha value is -0.420. The van der Waals surface area contributed by atoms with Gasteiger partial charge in [0, 0.05) is 28.1 Å². The second kappa shape index (κ2) is 7.01. The zero-order chi connectivity index (χ0) is 12.8. The molecule has 0 saturated carbocycles. The van der Waals surface area contributed by atoms with Gasteiger partial charge < -0.3 is 11.1 Å². The zero-order valence-electron chi connectivity index (χ0n) is 10.7. The average Bonchev–Trinajstić information content (AvgIpc) is 2.10. The van der Waals surface area contributed by atoms with E-state index in [9.17, 15) is 9.00 Å². The Morgan fingerprint density at radius 1 is 1.38 bits per heavy atom. The summed E-state index contributed by atoms with van der Waals surface area (Å²) in [5.74, 6) is 0.261. The molecule has 0 fully saturated rings. The number of hydrogen-bond donors (Lipinski definition) is 2. The van der Waals surface area contributed by atoms with Gasteiger partial charge in [-0.15, -0.1) is 0 Å². The molecule has 3 N–H and O–H groups in total. The SMILES string of the molecule is CCC(CC)NC(=O)CS(=O)CC(C)(C)N. The van der Waals surface area contributed by atoms with Crippen molar-refractivity contribution < 1.29 is 9.00 Å². The van der Waals surface area contributed by atoms with Gasteiger partial charge in [-0.2, -0.15) is 0 Å². The van der Waals surface area contributed by atoms with Crippen molar-refractivity contribution in [2.24, 2.45) is 5.73 Å². The van der Waals surface area contributed by atoms with Crippen molar-refractivity contribution in [1.29, 1.82) is 0 Å². The molecule has 1 unspecified atom stereocenters. The molecule has 0 heterocycles. The van der Waals surface area contributed by atoms with Crippen LogP contribution in [0.4, 0.5) is 0 Å². The lowest BCUT2D eigenvalue weighted by atomic mass is 10.1. The highest BCUT2D eigenvalue weighted by Crippen LogP contribution is 2.01. The molecule has 0 aromatic heterocycles. The Balaban J connectivity index is 4.01. The van der Waals surface area contributed by atoms with Crippen molar-refractivity contribution >= 4 is 16.7 Å². The van der Waals surface area contributed by atoms with Crippen LogP contribution in [0.25, 0.3) is 0 Å². The van der Waals surface area contributed by atoms with E-state index in [-0.39, 0.29) is 17.7 Å². The van der Waals surface area contributed by atoms with Crippen molar-refractivity contribution in [3.63, 3.8) is 0 Å². The van der Waals surface area contributed by atoms with E-state index in [0.717, 1.165) is 12.8 Å². The molecule has 0 aromatic carbocycles. The fourth-order valence-corrected chi connectivity index (χ4v) is 2.68. The van der Waals surface area contributed by atoms with Gasteiger partial charge in [-0.25, -0.2) is 0 Å². The smallest absolute Gasteiger partial charge is 0.232 e. The Bertz CT molecular complexity index is 245. The number of rotatable bonds is 7. The van der Waals surface area contributed by atoms with Gasteiger partial charge in [-0.05, 0) is 26.7 Å². The van der Waals surface area contributed by atoms with Gasteiger partial charge in [0.25, 0.3) is 0 Å². The molecule has 96 valence electrons. The molecule has 5 heteroatoms. The predicted molar refractivity (Wildman–Crippen MR) is 68.7 cm³/mol. The van der Waals surface area contributed by atoms with Gasteiger partial charge >= 0.3 is 0 Å². The summed E-state index contributed by atoms with van der Waals surface area (Å²) >= 11 is 0. The number of hydrogen-bond acceptors (Lipinski definition) is 3. The molecule has 1 atom stereocenters. The van der Waals surface area contributed by atoms with Crippen LogP contribution in [0, 0.1) is 0 Å². The maximum atomic E-state index is 11.6. The summed E-state index contributed by atoms with van der Waals surface area (Å²) in [6.45, 7) is 7.66. The van der Waals surface area contributed by atoms with E-state index in [1.165, 1.54) is 0 Å². The lowest BCUT2D eigenvalue weighted by Gasteiger charge is -2.18. The van der Waals surface area contributed by atoms with Gasteiger partial charge in [-0.1, -0.05) is 13.8 Å². The number of nitrogens with two attached hydrogens (primary N) is 1. The van der Waals surface area contributed by atoms with E-state index in [1.54, 1.807) is 0 Å². The largest absolute Gasteiger partial charge is 0.353 e. The van der Waals surface area contributed by atoms with Crippen LogP contribution >= 0.6 is 0 Å². The van der Waals surface area contributed by atoms with E-state index >= 15 is 0 Å². The molecule has 0 aromatic rings. The minimum absolute atomic E-state index is 0.0527. The molecule has 16 heavy (non-hydrogen) atoms. The molecule has 1 amide bonds. The highest BCUT2D eigenvalue weighted by atomic mass is 32.2. The van der Waals surface area contributed by atoms with Crippen LogP contribution in [-0.4, -0.2) is 33.2 Å².